The lowest BCUT2D eigenvalue weighted by Gasteiger charge is -2.27. The van der Waals surface area contributed by atoms with Crippen LogP contribution < -0.4 is 10.6 Å². The van der Waals surface area contributed by atoms with Crippen molar-refractivity contribution in [2.75, 3.05) is 32.7 Å². The fraction of sp³-hybridized carbons (Fsp3) is 0.455. The van der Waals surface area contributed by atoms with E-state index < -0.39 is 0 Å². The topological polar surface area (TPSA) is 61.4 Å². The number of carbonyl (C=O) groups is 2. The summed E-state index contributed by atoms with van der Waals surface area (Å²) in [5.41, 5.74) is 0. The molecule has 2 amide bonds. The Morgan fingerprint density at radius 2 is 2.11 bits per heavy atom. The number of piperazine rings is 1. The molecule has 5 nitrogen and oxygen atoms in total. The average molecular weight is 332 g/mol. The third-order valence-corrected chi connectivity index (χ3v) is 4.29. The van der Waals surface area contributed by atoms with Gasteiger partial charge in [0, 0.05) is 26.2 Å². The van der Waals surface area contributed by atoms with Crippen molar-refractivity contribution in [2.24, 2.45) is 0 Å². The molecular formula is C11H14BrN3O2S. The number of hydrogen-bond acceptors (Lipinski definition) is 4. The van der Waals surface area contributed by atoms with Crippen molar-refractivity contribution in [3.05, 3.63) is 20.8 Å². The molecule has 1 aliphatic rings. The summed E-state index contributed by atoms with van der Waals surface area (Å²) in [7, 11) is 0. The van der Waals surface area contributed by atoms with Gasteiger partial charge in [-0.05, 0) is 28.1 Å². The fourth-order valence-corrected chi connectivity index (χ4v) is 3.01. The number of amides is 2. The summed E-state index contributed by atoms with van der Waals surface area (Å²) in [5.74, 6) is -0.227. The highest BCUT2D eigenvalue weighted by atomic mass is 79.9. The average Bonchev–Trinajstić information content (AvgIpc) is 2.83. The van der Waals surface area contributed by atoms with Crippen molar-refractivity contribution < 1.29 is 9.59 Å². The van der Waals surface area contributed by atoms with E-state index in [9.17, 15) is 9.59 Å². The summed E-state index contributed by atoms with van der Waals surface area (Å²) in [6.45, 7) is 3.11. The molecule has 0 aromatic carbocycles. The van der Waals surface area contributed by atoms with Gasteiger partial charge in [-0.1, -0.05) is 0 Å². The Labute approximate surface area is 118 Å². The largest absolute Gasteiger partial charge is 0.342 e. The van der Waals surface area contributed by atoms with Crippen LogP contribution in [0.15, 0.2) is 15.9 Å². The second-order valence-corrected chi connectivity index (χ2v) is 6.38. The van der Waals surface area contributed by atoms with E-state index >= 15 is 0 Å². The van der Waals surface area contributed by atoms with Gasteiger partial charge in [0.25, 0.3) is 5.91 Å². The van der Waals surface area contributed by atoms with Crippen molar-refractivity contribution in [1.82, 2.24) is 15.5 Å². The molecule has 0 unspecified atom stereocenters. The molecule has 1 aliphatic heterocycles. The zero-order chi connectivity index (χ0) is 13.0. The van der Waals surface area contributed by atoms with Crippen molar-refractivity contribution in [2.45, 2.75) is 0 Å². The predicted octanol–water partition coefficient (Wildman–Crippen LogP) is 0.672. The Morgan fingerprint density at radius 3 is 2.72 bits per heavy atom. The maximum absolute atomic E-state index is 11.8. The van der Waals surface area contributed by atoms with Gasteiger partial charge in [-0.15, -0.1) is 11.3 Å². The Hall–Kier alpha value is -0.920. The number of rotatable bonds is 3. The summed E-state index contributed by atoms with van der Waals surface area (Å²) in [6, 6.07) is 3.55. The molecule has 0 bridgehead atoms. The Bertz CT molecular complexity index is 443. The van der Waals surface area contributed by atoms with E-state index in [1.54, 1.807) is 11.0 Å². The fourth-order valence-electron chi connectivity index (χ4n) is 1.71. The summed E-state index contributed by atoms with van der Waals surface area (Å²) in [5, 5.41) is 5.83. The van der Waals surface area contributed by atoms with Crippen LogP contribution in [-0.4, -0.2) is 49.4 Å². The quantitative estimate of drug-likeness (QED) is 0.855. The molecule has 0 saturated carbocycles. The lowest BCUT2D eigenvalue weighted by atomic mass is 10.3. The molecule has 2 N–H and O–H groups in total. The van der Waals surface area contributed by atoms with Gasteiger partial charge in [0.15, 0.2) is 0 Å². The number of hydrogen-bond donors (Lipinski definition) is 2. The number of nitrogens with one attached hydrogen (secondary N) is 2. The van der Waals surface area contributed by atoms with Gasteiger partial charge in [-0.3, -0.25) is 9.59 Å². The van der Waals surface area contributed by atoms with Gasteiger partial charge < -0.3 is 15.5 Å². The van der Waals surface area contributed by atoms with Crippen LogP contribution in [0.4, 0.5) is 0 Å². The smallest absolute Gasteiger partial charge is 0.261 e. The van der Waals surface area contributed by atoms with Crippen molar-refractivity contribution >= 4 is 39.1 Å². The lowest BCUT2D eigenvalue weighted by Crippen LogP contribution is -2.49. The molecule has 2 rings (SSSR count). The van der Waals surface area contributed by atoms with Crippen molar-refractivity contribution in [1.29, 1.82) is 0 Å². The first-order valence-electron chi connectivity index (χ1n) is 5.69. The van der Waals surface area contributed by atoms with Gasteiger partial charge in [0.1, 0.15) is 0 Å². The molecule has 0 atom stereocenters. The zero-order valence-corrected chi connectivity index (χ0v) is 12.1. The first-order chi connectivity index (χ1) is 8.66. The van der Waals surface area contributed by atoms with Gasteiger partial charge in [0.05, 0.1) is 15.2 Å². The lowest BCUT2D eigenvalue weighted by molar-refractivity contribution is -0.130. The van der Waals surface area contributed by atoms with E-state index in [-0.39, 0.29) is 18.4 Å². The molecule has 1 aromatic heterocycles. The van der Waals surface area contributed by atoms with Gasteiger partial charge in [-0.2, -0.15) is 0 Å². The van der Waals surface area contributed by atoms with Crippen LogP contribution in [0, 0.1) is 0 Å². The Morgan fingerprint density at radius 1 is 1.39 bits per heavy atom. The molecular weight excluding hydrogens is 318 g/mol. The second kappa shape index (κ2) is 6.31. The van der Waals surface area contributed by atoms with Crippen LogP contribution in [0.5, 0.6) is 0 Å². The molecule has 1 saturated heterocycles. The molecule has 0 aliphatic carbocycles. The zero-order valence-electron chi connectivity index (χ0n) is 9.74. The highest BCUT2D eigenvalue weighted by Crippen LogP contribution is 2.21. The number of carbonyl (C=O) groups excluding carboxylic acids is 2. The van der Waals surface area contributed by atoms with Gasteiger partial charge >= 0.3 is 0 Å². The summed E-state index contributed by atoms with van der Waals surface area (Å²) < 4.78 is 0.904. The van der Waals surface area contributed by atoms with Crippen molar-refractivity contribution in [3.63, 3.8) is 0 Å². The predicted molar refractivity (Wildman–Crippen MR) is 73.8 cm³/mol. The minimum absolute atomic E-state index is 0.0273. The maximum atomic E-state index is 11.8. The van der Waals surface area contributed by atoms with Crippen molar-refractivity contribution in [3.8, 4) is 0 Å². The van der Waals surface area contributed by atoms with E-state index in [4.69, 9.17) is 0 Å². The van der Waals surface area contributed by atoms with Gasteiger partial charge in [-0.25, -0.2) is 0 Å². The third-order valence-electron chi connectivity index (χ3n) is 2.67. The second-order valence-electron chi connectivity index (χ2n) is 3.92. The van der Waals surface area contributed by atoms with E-state index in [1.807, 2.05) is 6.07 Å². The summed E-state index contributed by atoms with van der Waals surface area (Å²) in [6.07, 6.45) is 0. The molecule has 1 fully saturated rings. The minimum Gasteiger partial charge on any atom is -0.342 e. The van der Waals surface area contributed by atoms with Crippen LogP contribution in [0.2, 0.25) is 0 Å². The SMILES string of the molecule is O=C(NCC(=O)N1CCNCC1)c1ccc(Br)s1. The monoisotopic (exact) mass is 331 g/mol. The molecule has 2 heterocycles. The maximum Gasteiger partial charge on any atom is 0.261 e. The summed E-state index contributed by atoms with van der Waals surface area (Å²) >= 11 is 4.65. The molecule has 1 aromatic rings. The highest BCUT2D eigenvalue weighted by Gasteiger charge is 2.17. The molecule has 98 valence electrons. The molecule has 18 heavy (non-hydrogen) atoms. The van der Waals surface area contributed by atoms with Crippen LogP contribution in [0.25, 0.3) is 0 Å². The number of thiophene rings is 1. The Kier molecular flexibility index (Phi) is 4.73. The van der Waals surface area contributed by atoms with E-state index in [0.717, 1.165) is 16.9 Å². The first kappa shape index (κ1) is 13.5. The van der Waals surface area contributed by atoms with Crippen LogP contribution >= 0.6 is 27.3 Å². The minimum atomic E-state index is -0.200. The van der Waals surface area contributed by atoms with E-state index in [0.29, 0.717) is 18.0 Å². The number of nitrogens with zero attached hydrogens (tertiary/aromatic N) is 1. The van der Waals surface area contributed by atoms with E-state index in [1.165, 1.54) is 11.3 Å². The highest BCUT2D eigenvalue weighted by molar-refractivity contribution is 9.11. The Balaban J connectivity index is 1.80. The summed E-state index contributed by atoms with van der Waals surface area (Å²) in [4.78, 5) is 25.9. The molecule has 0 radical (unpaired) electrons. The molecule has 7 heteroatoms. The normalized spacial score (nSPS) is 15.5. The third kappa shape index (κ3) is 3.54. The number of halogens is 1. The molecule has 0 spiro atoms. The van der Waals surface area contributed by atoms with Gasteiger partial charge in [0.2, 0.25) is 5.91 Å². The van der Waals surface area contributed by atoms with Crippen LogP contribution in [-0.2, 0) is 4.79 Å². The van der Waals surface area contributed by atoms with Crippen LogP contribution in [0.1, 0.15) is 9.67 Å². The van der Waals surface area contributed by atoms with Crippen LogP contribution in [0.3, 0.4) is 0 Å². The standard InChI is InChI=1S/C11H14BrN3O2S/c12-9-2-1-8(18-9)11(17)14-7-10(16)15-5-3-13-4-6-15/h1-2,13H,3-7H2,(H,14,17). The first-order valence-corrected chi connectivity index (χ1v) is 7.30. The van der Waals surface area contributed by atoms with E-state index in [2.05, 4.69) is 26.6 Å².